The maximum absolute atomic E-state index is 8.65. The van der Waals surface area contributed by atoms with E-state index in [2.05, 4.69) is 9.97 Å². The van der Waals surface area contributed by atoms with Crippen molar-refractivity contribution in [1.29, 1.82) is 0 Å². The van der Waals surface area contributed by atoms with E-state index >= 15 is 0 Å². The van der Waals surface area contributed by atoms with E-state index in [0.717, 1.165) is 0 Å². The first kappa shape index (κ1) is 8.10. The van der Waals surface area contributed by atoms with Crippen LogP contribution in [0.4, 0.5) is 0 Å². The maximum Gasteiger partial charge on any atom is 0.153 e. The van der Waals surface area contributed by atoms with Crippen molar-refractivity contribution >= 4 is 0 Å². The Balaban J connectivity index is 2.66. The van der Waals surface area contributed by atoms with Crippen molar-refractivity contribution in [2.24, 2.45) is 0 Å². The summed E-state index contributed by atoms with van der Waals surface area (Å²) >= 11 is 0. The summed E-state index contributed by atoms with van der Waals surface area (Å²) in [5.74, 6) is 0.629. The summed E-state index contributed by atoms with van der Waals surface area (Å²) < 4.78 is 4.81. The Kier molecular flexibility index (Phi) is 2.95. The zero-order valence-electron chi connectivity index (χ0n) is 6.32. The van der Waals surface area contributed by atoms with Gasteiger partial charge in [0.1, 0.15) is 6.61 Å². The quantitative estimate of drug-likeness (QED) is 0.671. The first-order chi connectivity index (χ1) is 5.36. The first-order valence-corrected chi connectivity index (χ1v) is 3.26. The van der Waals surface area contributed by atoms with Crippen molar-refractivity contribution in [1.82, 2.24) is 9.97 Å². The average molecular weight is 154 g/mol. The number of aliphatic hydroxyl groups is 1. The van der Waals surface area contributed by atoms with Crippen molar-refractivity contribution in [2.75, 3.05) is 7.11 Å². The van der Waals surface area contributed by atoms with Gasteiger partial charge in [0.25, 0.3) is 0 Å². The molecular formula is C7H10N2O2. The Morgan fingerprint density at radius 2 is 2.09 bits per heavy atom. The minimum atomic E-state index is -0.0206. The van der Waals surface area contributed by atoms with Crippen LogP contribution in [0.5, 0.6) is 0 Å². The van der Waals surface area contributed by atoms with Crippen LogP contribution >= 0.6 is 0 Å². The zero-order valence-corrected chi connectivity index (χ0v) is 6.32. The molecule has 0 radical (unpaired) electrons. The summed E-state index contributed by atoms with van der Waals surface area (Å²) in [5.41, 5.74) is 0.713. The van der Waals surface area contributed by atoms with Crippen LogP contribution in [0.15, 0.2) is 12.4 Å². The zero-order chi connectivity index (χ0) is 8.10. The van der Waals surface area contributed by atoms with E-state index in [0.29, 0.717) is 18.0 Å². The highest BCUT2D eigenvalue weighted by molar-refractivity contribution is 5.02. The van der Waals surface area contributed by atoms with Crippen LogP contribution < -0.4 is 0 Å². The topological polar surface area (TPSA) is 55.2 Å². The highest BCUT2D eigenvalue weighted by Gasteiger charge is 1.94. The van der Waals surface area contributed by atoms with Gasteiger partial charge in [0, 0.05) is 25.1 Å². The Bertz CT molecular complexity index is 210. The second kappa shape index (κ2) is 4.00. The van der Waals surface area contributed by atoms with Gasteiger partial charge in [-0.1, -0.05) is 0 Å². The molecule has 1 aromatic rings. The predicted molar refractivity (Wildman–Crippen MR) is 38.7 cm³/mol. The monoisotopic (exact) mass is 154 g/mol. The van der Waals surface area contributed by atoms with Crippen LogP contribution in [0.25, 0.3) is 0 Å². The summed E-state index contributed by atoms with van der Waals surface area (Å²) in [4.78, 5) is 7.89. The predicted octanol–water partition coefficient (Wildman–Crippen LogP) is 0.115. The molecule has 0 atom stereocenters. The summed E-state index contributed by atoms with van der Waals surface area (Å²) in [6.07, 6.45) is 3.17. The summed E-state index contributed by atoms with van der Waals surface area (Å²) in [7, 11) is 1.59. The van der Waals surface area contributed by atoms with E-state index in [4.69, 9.17) is 9.84 Å². The minimum Gasteiger partial charge on any atom is -0.392 e. The molecular weight excluding hydrogens is 144 g/mol. The van der Waals surface area contributed by atoms with Crippen LogP contribution in [-0.4, -0.2) is 22.2 Å². The van der Waals surface area contributed by atoms with Crippen molar-refractivity contribution in [3.05, 3.63) is 23.8 Å². The van der Waals surface area contributed by atoms with E-state index in [1.54, 1.807) is 19.5 Å². The van der Waals surface area contributed by atoms with Crippen LogP contribution in [0, 0.1) is 0 Å². The molecule has 0 amide bonds. The van der Waals surface area contributed by atoms with Crippen LogP contribution in [0.2, 0.25) is 0 Å². The molecule has 0 saturated carbocycles. The molecule has 11 heavy (non-hydrogen) atoms. The Morgan fingerprint density at radius 1 is 1.45 bits per heavy atom. The molecule has 0 aliphatic rings. The number of methoxy groups -OCH3 is 1. The molecule has 4 heteroatoms. The lowest BCUT2D eigenvalue weighted by molar-refractivity contribution is 0.177. The summed E-state index contributed by atoms with van der Waals surface area (Å²) in [6, 6.07) is 0. The van der Waals surface area contributed by atoms with Gasteiger partial charge in [0.15, 0.2) is 5.82 Å². The third kappa shape index (κ3) is 2.25. The fraction of sp³-hybridized carbons (Fsp3) is 0.429. The highest BCUT2D eigenvalue weighted by Crippen LogP contribution is 1.95. The molecule has 1 heterocycles. The summed E-state index contributed by atoms with van der Waals surface area (Å²) in [6.45, 7) is 0.388. The maximum atomic E-state index is 8.65. The molecule has 0 aliphatic heterocycles. The van der Waals surface area contributed by atoms with Crippen molar-refractivity contribution in [3.63, 3.8) is 0 Å². The standard InChI is InChI=1S/C7H10N2O2/c1-11-5-7-8-2-6(4-10)3-9-7/h2-3,10H,4-5H2,1H3. The number of hydrogen-bond donors (Lipinski definition) is 1. The van der Waals surface area contributed by atoms with Crippen LogP contribution in [0.3, 0.4) is 0 Å². The van der Waals surface area contributed by atoms with Crippen LogP contribution in [-0.2, 0) is 18.0 Å². The molecule has 0 fully saturated rings. The molecule has 0 aliphatic carbocycles. The normalized spacial score (nSPS) is 10.0. The lowest BCUT2D eigenvalue weighted by atomic mass is 10.4. The van der Waals surface area contributed by atoms with Gasteiger partial charge in [-0.2, -0.15) is 0 Å². The molecule has 0 unspecified atom stereocenters. The molecule has 1 rings (SSSR count). The molecule has 4 nitrogen and oxygen atoms in total. The number of nitrogens with zero attached hydrogens (tertiary/aromatic N) is 2. The second-order valence-electron chi connectivity index (χ2n) is 2.10. The number of aromatic nitrogens is 2. The Hall–Kier alpha value is -1.00. The fourth-order valence-electron chi connectivity index (χ4n) is 0.667. The van der Waals surface area contributed by atoms with Gasteiger partial charge in [-0.25, -0.2) is 9.97 Å². The van der Waals surface area contributed by atoms with Gasteiger partial charge in [-0.05, 0) is 0 Å². The molecule has 0 saturated heterocycles. The molecule has 60 valence electrons. The van der Waals surface area contributed by atoms with Crippen LogP contribution in [0.1, 0.15) is 11.4 Å². The lowest BCUT2D eigenvalue weighted by Crippen LogP contribution is -1.97. The van der Waals surface area contributed by atoms with E-state index in [1.807, 2.05) is 0 Å². The van der Waals surface area contributed by atoms with Gasteiger partial charge in [-0.3, -0.25) is 0 Å². The fourth-order valence-corrected chi connectivity index (χ4v) is 0.667. The van der Waals surface area contributed by atoms with Crippen molar-refractivity contribution in [2.45, 2.75) is 13.2 Å². The van der Waals surface area contributed by atoms with Crippen molar-refractivity contribution < 1.29 is 9.84 Å². The van der Waals surface area contributed by atoms with E-state index < -0.39 is 0 Å². The average Bonchev–Trinajstić information content (AvgIpc) is 2.07. The molecule has 1 aromatic heterocycles. The number of ether oxygens (including phenoxy) is 1. The molecule has 1 N–H and O–H groups in total. The third-order valence-electron chi connectivity index (χ3n) is 1.21. The Morgan fingerprint density at radius 3 is 2.55 bits per heavy atom. The summed E-state index contributed by atoms with van der Waals surface area (Å²) in [5, 5.41) is 8.65. The van der Waals surface area contributed by atoms with E-state index in [1.165, 1.54) is 0 Å². The third-order valence-corrected chi connectivity index (χ3v) is 1.21. The molecule has 0 aromatic carbocycles. The van der Waals surface area contributed by atoms with Gasteiger partial charge in [0.2, 0.25) is 0 Å². The SMILES string of the molecule is COCc1ncc(CO)cn1. The lowest BCUT2D eigenvalue weighted by Gasteiger charge is -1.97. The second-order valence-corrected chi connectivity index (χ2v) is 2.10. The van der Waals surface area contributed by atoms with E-state index in [9.17, 15) is 0 Å². The number of hydrogen-bond acceptors (Lipinski definition) is 4. The smallest absolute Gasteiger partial charge is 0.153 e. The molecule has 0 spiro atoms. The Labute approximate surface area is 64.9 Å². The largest absolute Gasteiger partial charge is 0.392 e. The van der Waals surface area contributed by atoms with Crippen molar-refractivity contribution in [3.8, 4) is 0 Å². The van der Waals surface area contributed by atoms with Gasteiger partial charge in [-0.15, -0.1) is 0 Å². The highest BCUT2D eigenvalue weighted by atomic mass is 16.5. The van der Waals surface area contributed by atoms with E-state index in [-0.39, 0.29) is 6.61 Å². The number of aliphatic hydroxyl groups excluding tert-OH is 1. The first-order valence-electron chi connectivity index (χ1n) is 3.26. The minimum absolute atomic E-state index is 0.0206. The molecule has 0 bridgehead atoms. The van der Waals surface area contributed by atoms with Gasteiger partial charge >= 0.3 is 0 Å². The number of rotatable bonds is 3. The van der Waals surface area contributed by atoms with Gasteiger partial charge < -0.3 is 9.84 Å². The van der Waals surface area contributed by atoms with Gasteiger partial charge in [0.05, 0.1) is 6.61 Å².